The summed E-state index contributed by atoms with van der Waals surface area (Å²) in [6.07, 6.45) is 0.757. The normalized spacial score (nSPS) is 18.7. The van der Waals surface area contributed by atoms with E-state index in [9.17, 15) is 19.5 Å². The molecule has 0 aliphatic carbocycles. The molecule has 2 aliphatic heterocycles. The Labute approximate surface area is 236 Å². The van der Waals surface area contributed by atoms with E-state index in [1.165, 1.54) is 34.5 Å². The minimum Gasteiger partial charge on any atom is -0.502 e. The lowest BCUT2D eigenvalue weighted by Crippen LogP contribution is -2.46. The average molecular weight is 567 g/mol. The van der Waals surface area contributed by atoms with Crippen LogP contribution in [0.3, 0.4) is 0 Å². The molecule has 1 fully saturated rings. The van der Waals surface area contributed by atoms with Crippen LogP contribution in [-0.4, -0.2) is 62.1 Å². The third-order valence-electron chi connectivity index (χ3n) is 7.96. The molecule has 11 nitrogen and oxygen atoms in total. The van der Waals surface area contributed by atoms with Crippen LogP contribution in [0, 0.1) is 5.92 Å². The third-order valence-corrected chi connectivity index (χ3v) is 7.96. The fraction of sp³-hybridized carbons (Fsp3) is 0.433. The molecule has 2 aromatic heterocycles. The summed E-state index contributed by atoms with van der Waals surface area (Å²) in [6.45, 7) is 2.38. The van der Waals surface area contributed by atoms with Crippen LogP contribution in [0.25, 0.3) is 0 Å². The van der Waals surface area contributed by atoms with Crippen molar-refractivity contribution < 1.29 is 33.3 Å². The largest absolute Gasteiger partial charge is 0.502 e. The van der Waals surface area contributed by atoms with Gasteiger partial charge in [0.1, 0.15) is 11.5 Å². The molecular formula is C30H34N2O9. The number of rotatable bonds is 9. The lowest BCUT2D eigenvalue weighted by atomic mass is 9.83. The van der Waals surface area contributed by atoms with Gasteiger partial charge < -0.3 is 33.0 Å². The quantitative estimate of drug-likeness (QED) is 0.386. The number of aromatic hydroxyl groups is 1. The highest BCUT2D eigenvalue weighted by Gasteiger charge is 2.35. The molecule has 11 heteroatoms. The molecule has 1 aromatic carbocycles. The second kappa shape index (κ2) is 11.7. The Morgan fingerprint density at radius 3 is 2.44 bits per heavy atom. The molecule has 5 rings (SSSR count). The number of aromatic nitrogens is 1. The number of esters is 1. The zero-order valence-corrected chi connectivity index (χ0v) is 23.5. The van der Waals surface area contributed by atoms with E-state index in [0.29, 0.717) is 48.2 Å². The highest BCUT2D eigenvalue weighted by atomic mass is 16.5. The molecule has 3 aromatic rings. The molecule has 0 unspecified atom stereocenters. The molecule has 0 radical (unpaired) electrons. The van der Waals surface area contributed by atoms with E-state index in [0.717, 1.165) is 18.7 Å². The van der Waals surface area contributed by atoms with Gasteiger partial charge in [0, 0.05) is 55.0 Å². The predicted octanol–water partition coefficient (Wildman–Crippen LogP) is 2.85. The first-order valence-corrected chi connectivity index (χ1v) is 13.4. The molecule has 41 heavy (non-hydrogen) atoms. The number of methoxy groups -OCH3 is 4. The first-order valence-electron chi connectivity index (χ1n) is 13.4. The van der Waals surface area contributed by atoms with Crippen LogP contribution in [0.1, 0.15) is 47.5 Å². The Hall–Kier alpha value is -4.25. The smallest absolute Gasteiger partial charge is 0.306 e. The first-order chi connectivity index (χ1) is 19.8. The van der Waals surface area contributed by atoms with Crippen molar-refractivity contribution >= 4 is 5.97 Å². The fourth-order valence-corrected chi connectivity index (χ4v) is 6.13. The van der Waals surface area contributed by atoms with Crippen molar-refractivity contribution in [3.05, 3.63) is 79.8 Å². The van der Waals surface area contributed by atoms with Gasteiger partial charge >= 0.3 is 5.97 Å². The van der Waals surface area contributed by atoms with Crippen molar-refractivity contribution in [1.29, 1.82) is 0 Å². The number of fused-ring (bicyclic) bond motifs is 4. The van der Waals surface area contributed by atoms with Crippen LogP contribution >= 0.6 is 0 Å². The number of benzene rings is 1. The summed E-state index contributed by atoms with van der Waals surface area (Å²) in [6, 6.07) is 9.90. The minimum atomic E-state index is -0.927. The molecule has 2 bridgehead atoms. The van der Waals surface area contributed by atoms with Crippen LogP contribution in [0.15, 0.2) is 50.4 Å². The van der Waals surface area contributed by atoms with Crippen molar-refractivity contribution in [1.82, 2.24) is 9.47 Å². The van der Waals surface area contributed by atoms with E-state index < -0.39 is 23.1 Å². The Bertz CT molecular complexity index is 1560. The van der Waals surface area contributed by atoms with Gasteiger partial charge in [0.2, 0.25) is 11.2 Å². The monoisotopic (exact) mass is 566 g/mol. The molecule has 4 heterocycles. The first kappa shape index (κ1) is 28.3. The minimum absolute atomic E-state index is 0.0158. The summed E-state index contributed by atoms with van der Waals surface area (Å²) in [4.78, 5) is 40.1. The lowest BCUT2D eigenvalue weighted by molar-refractivity contribution is -0.140. The number of pyridine rings is 1. The summed E-state index contributed by atoms with van der Waals surface area (Å²) < 4.78 is 29.4. The predicted molar refractivity (Wildman–Crippen MR) is 148 cm³/mol. The third kappa shape index (κ3) is 5.54. The number of carbonyl (C=O) groups excluding carboxylic acids is 1. The van der Waals surface area contributed by atoms with Crippen molar-refractivity contribution in [2.75, 3.05) is 41.5 Å². The molecule has 0 amide bonds. The molecule has 1 saturated heterocycles. The Kier molecular flexibility index (Phi) is 8.07. The van der Waals surface area contributed by atoms with E-state index in [4.69, 9.17) is 23.4 Å². The molecule has 2 aliphatic rings. The van der Waals surface area contributed by atoms with Gasteiger partial charge in [-0.05, 0) is 24.5 Å². The number of likely N-dealkylation sites (tertiary alicyclic amines) is 1. The molecular weight excluding hydrogens is 532 g/mol. The van der Waals surface area contributed by atoms with E-state index >= 15 is 0 Å². The summed E-state index contributed by atoms with van der Waals surface area (Å²) >= 11 is 0. The number of nitrogens with zero attached hydrogens (tertiary/aromatic N) is 2. The van der Waals surface area contributed by atoms with Crippen molar-refractivity contribution in [2.45, 2.75) is 37.8 Å². The zero-order chi connectivity index (χ0) is 29.3. The standard InChI is InChI=1S/C30H34N2O9/c1-37-24-12-26(39-3)25(38-2)10-20(24)21(11-28(35)40-4)30-29(36)23(33)9-19(41-30)16-31-13-17-8-18(15-31)22-6-5-7-27(34)32(22)14-17/h5-7,9-10,12,17-18,21,36H,8,11,13-16H2,1-4H3/t17-,18+,21+/m0/s1. The van der Waals surface area contributed by atoms with Gasteiger partial charge in [0.25, 0.3) is 5.56 Å². The highest BCUT2D eigenvalue weighted by Crippen LogP contribution is 2.43. The zero-order valence-electron chi connectivity index (χ0n) is 23.5. The topological polar surface area (TPSA) is 130 Å². The summed E-state index contributed by atoms with van der Waals surface area (Å²) in [5, 5.41) is 10.9. The maximum Gasteiger partial charge on any atom is 0.306 e. The van der Waals surface area contributed by atoms with Gasteiger partial charge in [0.05, 0.1) is 47.3 Å². The molecule has 1 N–H and O–H groups in total. The van der Waals surface area contributed by atoms with Crippen LogP contribution in [0.2, 0.25) is 0 Å². The summed E-state index contributed by atoms with van der Waals surface area (Å²) in [7, 11) is 5.69. The van der Waals surface area contributed by atoms with Gasteiger partial charge in [-0.1, -0.05) is 6.07 Å². The fourth-order valence-electron chi connectivity index (χ4n) is 6.13. The van der Waals surface area contributed by atoms with E-state index in [-0.39, 0.29) is 29.6 Å². The Balaban J connectivity index is 1.51. The van der Waals surface area contributed by atoms with Crippen molar-refractivity contribution in [3.8, 4) is 23.0 Å². The summed E-state index contributed by atoms with van der Waals surface area (Å²) in [5.41, 5.74) is 0.859. The number of hydrogen-bond donors (Lipinski definition) is 1. The van der Waals surface area contributed by atoms with Crippen molar-refractivity contribution in [2.24, 2.45) is 5.92 Å². The molecule has 0 saturated carbocycles. The van der Waals surface area contributed by atoms with Gasteiger partial charge in [0.15, 0.2) is 17.3 Å². The van der Waals surface area contributed by atoms with Crippen LogP contribution < -0.4 is 25.2 Å². The SMILES string of the molecule is COC(=O)C[C@H](c1cc(OC)c(OC)cc1OC)c1oc(CN2C[C@@H]3C[C@H](C2)c2cccc(=O)n2C3)cc(=O)c1O. The molecule has 3 atom stereocenters. The van der Waals surface area contributed by atoms with Crippen LogP contribution in [0.4, 0.5) is 0 Å². The number of carbonyl (C=O) groups is 1. The van der Waals surface area contributed by atoms with Crippen molar-refractivity contribution in [3.63, 3.8) is 0 Å². The second-order valence-electron chi connectivity index (χ2n) is 10.5. The van der Waals surface area contributed by atoms with E-state index in [2.05, 4.69) is 4.90 Å². The number of hydrogen-bond acceptors (Lipinski definition) is 10. The van der Waals surface area contributed by atoms with Gasteiger partial charge in [-0.2, -0.15) is 0 Å². The van der Waals surface area contributed by atoms with E-state index in [1.807, 2.05) is 10.6 Å². The maximum absolute atomic E-state index is 13.0. The molecule has 0 spiro atoms. The van der Waals surface area contributed by atoms with Gasteiger partial charge in [-0.15, -0.1) is 0 Å². The Morgan fingerprint density at radius 1 is 1.00 bits per heavy atom. The molecule has 218 valence electrons. The second-order valence-corrected chi connectivity index (χ2v) is 10.5. The number of piperidine rings is 1. The van der Waals surface area contributed by atoms with Crippen LogP contribution in [-0.2, 0) is 22.6 Å². The lowest BCUT2D eigenvalue weighted by Gasteiger charge is -2.42. The Morgan fingerprint density at radius 2 is 1.73 bits per heavy atom. The summed E-state index contributed by atoms with van der Waals surface area (Å²) in [5.74, 6) is -0.221. The van der Waals surface area contributed by atoms with E-state index in [1.54, 1.807) is 24.3 Å². The average Bonchev–Trinajstić information content (AvgIpc) is 2.97. The highest BCUT2D eigenvalue weighted by molar-refractivity contribution is 5.72. The van der Waals surface area contributed by atoms with Crippen LogP contribution in [0.5, 0.6) is 23.0 Å². The maximum atomic E-state index is 13.0. The number of ether oxygens (including phenoxy) is 4. The van der Waals surface area contributed by atoms with Gasteiger partial charge in [-0.3, -0.25) is 19.3 Å². The van der Waals surface area contributed by atoms with Gasteiger partial charge in [-0.25, -0.2) is 0 Å².